The molecule has 0 fully saturated rings. The van der Waals surface area contributed by atoms with Crippen molar-refractivity contribution in [1.29, 1.82) is 0 Å². The van der Waals surface area contributed by atoms with Gasteiger partial charge in [0.1, 0.15) is 0 Å². The Morgan fingerprint density at radius 2 is 1.20 bits per heavy atom. The predicted octanol–water partition coefficient (Wildman–Crippen LogP) is 1.14. The quantitative estimate of drug-likeness (QED) is 0.665. The SMILES string of the molecule is COB1C([Si](C)(C)C)=BB=C1[Si](C)(C)C. The van der Waals surface area contributed by atoms with Crippen molar-refractivity contribution >= 4 is 46.7 Å². The molecule has 6 heteroatoms. The Balaban J connectivity index is 2.98. The predicted molar refractivity (Wildman–Crippen MR) is 81.0 cm³/mol. The summed E-state index contributed by atoms with van der Waals surface area (Å²) in [4.78, 5) is 3.12. The molecule has 15 heavy (non-hydrogen) atoms. The molecule has 0 spiro atoms. The van der Waals surface area contributed by atoms with Gasteiger partial charge in [-0.25, -0.2) is 0 Å². The van der Waals surface area contributed by atoms with E-state index in [1.807, 2.05) is 7.11 Å². The Labute approximate surface area is 97.9 Å². The maximum atomic E-state index is 5.72. The number of hydrogen-bond donors (Lipinski definition) is 0. The molecule has 0 aliphatic carbocycles. The van der Waals surface area contributed by atoms with Gasteiger partial charge in [-0.1, -0.05) is 0 Å². The zero-order chi connectivity index (χ0) is 11.9. The zero-order valence-corrected chi connectivity index (χ0v) is 13.1. The van der Waals surface area contributed by atoms with E-state index >= 15 is 0 Å². The van der Waals surface area contributed by atoms with Gasteiger partial charge in [0.25, 0.3) is 0 Å². The van der Waals surface area contributed by atoms with Crippen molar-refractivity contribution in [3.05, 3.63) is 0 Å². The van der Waals surface area contributed by atoms with Gasteiger partial charge < -0.3 is 0 Å². The molecule has 0 N–H and O–H groups in total. The van der Waals surface area contributed by atoms with Crippen LogP contribution in [0.25, 0.3) is 0 Å². The first kappa shape index (κ1) is 13.4. The molecule has 0 amide bonds. The van der Waals surface area contributed by atoms with E-state index in [1.54, 1.807) is 9.97 Å². The number of rotatable bonds is 3. The Bertz CT molecular complexity index is 282. The second-order valence-corrected chi connectivity index (χ2v) is 16.5. The minimum absolute atomic E-state index is 0.295. The Morgan fingerprint density at radius 1 is 0.867 bits per heavy atom. The van der Waals surface area contributed by atoms with Crippen LogP contribution in [0.3, 0.4) is 0 Å². The molecule has 1 rings (SSSR count). The average molecular weight is 234 g/mol. The van der Waals surface area contributed by atoms with E-state index < -0.39 is 16.1 Å². The second-order valence-electron chi connectivity index (χ2n) is 6.36. The zero-order valence-electron chi connectivity index (χ0n) is 11.1. The molecule has 0 saturated heterocycles. The van der Waals surface area contributed by atoms with E-state index in [2.05, 4.69) is 52.9 Å². The molecule has 1 aliphatic rings. The standard InChI is InChI=1S/C9H21B3OSi2/c1-13-12-8(14(2,3)4)10-11-9(12)15(5,6)7/h1-7H3. The van der Waals surface area contributed by atoms with Gasteiger partial charge in [-0.3, -0.25) is 0 Å². The van der Waals surface area contributed by atoms with Crippen LogP contribution in [-0.4, -0.2) is 53.8 Å². The van der Waals surface area contributed by atoms with E-state index in [4.69, 9.17) is 4.65 Å². The molecule has 1 nitrogen and oxygen atoms in total. The van der Waals surface area contributed by atoms with Crippen LogP contribution in [0.4, 0.5) is 0 Å². The topological polar surface area (TPSA) is 9.23 Å². The minimum atomic E-state index is -1.22. The fourth-order valence-corrected chi connectivity index (χ4v) is 5.49. The third-order valence-electron chi connectivity index (χ3n) is 2.98. The molecular formula is C9H21B3OSi2. The van der Waals surface area contributed by atoms with Gasteiger partial charge >= 0.3 is 97.7 Å². The van der Waals surface area contributed by atoms with Crippen LogP contribution in [0.5, 0.6) is 0 Å². The number of hydrogen-bond acceptors (Lipinski definition) is 1. The molecule has 0 unspecified atom stereocenters. The Kier molecular flexibility index (Phi) is 3.84. The van der Waals surface area contributed by atoms with Gasteiger partial charge in [-0.15, -0.1) is 0 Å². The molecule has 1 heterocycles. The molecule has 0 aromatic carbocycles. The fourth-order valence-electron chi connectivity index (χ4n) is 2.06. The first-order valence-corrected chi connectivity index (χ1v) is 12.6. The van der Waals surface area contributed by atoms with Crippen LogP contribution >= 0.6 is 0 Å². The van der Waals surface area contributed by atoms with E-state index in [9.17, 15) is 0 Å². The van der Waals surface area contributed by atoms with Gasteiger partial charge in [0.2, 0.25) is 0 Å². The first-order chi connectivity index (χ1) is 6.68. The molecule has 80 valence electrons. The van der Waals surface area contributed by atoms with Gasteiger partial charge in [-0.2, -0.15) is 0 Å². The third kappa shape index (κ3) is 2.92. The van der Waals surface area contributed by atoms with Crippen molar-refractivity contribution in [2.24, 2.45) is 0 Å². The van der Waals surface area contributed by atoms with Crippen molar-refractivity contribution in [3.63, 3.8) is 0 Å². The summed E-state index contributed by atoms with van der Waals surface area (Å²) in [5.41, 5.74) is 0. The monoisotopic (exact) mass is 234 g/mol. The summed E-state index contributed by atoms with van der Waals surface area (Å²) in [5, 5.41) is 0. The van der Waals surface area contributed by atoms with Gasteiger partial charge in [0, 0.05) is 0 Å². The van der Waals surface area contributed by atoms with Crippen molar-refractivity contribution in [1.82, 2.24) is 0 Å². The molecule has 0 aromatic rings. The van der Waals surface area contributed by atoms with Crippen LogP contribution in [0.15, 0.2) is 0 Å². The van der Waals surface area contributed by atoms with E-state index in [0.29, 0.717) is 6.92 Å². The third-order valence-corrected chi connectivity index (χ3v) is 7.30. The van der Waals surface area contributed by atoms with Gasteiger partial charge in [0.15, 0.2) is 0 Å². The van der Waals surface area contributed by atoms with Crippen LogP contribution < -0.4 is 0 Å². The van der Waals surface area contributed by atoms with Crippen molar-refractivity contribution in [3.8, 4) is 0 Å². The molecule has 0 saturated carbocycles. The summed E-state index contributed by atoms with van der Waals surface area (Å²) < 4.78 is 5.72. The summed E-state index contributed by atoms with van der Waals surface area (Å²) in [6, 6.07) is 0. The van der Waals surface area contributed by atoms with Crippen LogP contribution in [0.1, 0.15) is 0 Å². The molecular weight excluding hydrogens is 213 g/mol. The van der Waals surface area contributed by atoms with Gasteiger partial charge in [-0.05, 0) is 0 Å². The molecule has 0 atom stereocenters. The van der Waals surface area contributed by atoms with E-state index in [-0.39, 0.29) is 0 Å². The molecule has 0 bridgehead atoms. The molecule has 1 aliphatic heterocycles. The summed E-state index contributed by atoms with van der Waals surface area (Å²) in [6.45, 7) is 19.3. The summed E-state index contributed by atoms with van der Waals surface area (Å²) in [5.74, 6) is 0. The summed E-state index contributed by atoms with van der Waals surface area (Å²) >= 11 is 0. The first-order valence-electron chi connectivity index (χ1n) is 5.63. The van der Waals surface area contributed by atoms with Crippen molar-refractivity contribution < 1.29 is 4.65 Å². The van der Waals surface area contributed by atoms with Crippen LogP contribution in [-0.2, 0) is 4.65 Å². The average Bonchev–Trinajstić information content (AvgIpc) is 2.43. The molecule has 0 radical (unpaired) electrons. The summed E-state index contributed by atoms with van der Waals surface area (Å²) in [6.07, 6.45) is 0. The van der Waals surface area contributed by atoms with Crippen molar-refractivity contribution in [2.75, 3.05) is 7.11 Å². The maximum absolute atomic E-state index is 5.72. The van der Waals surface area contributed by atoms with Crippen LogP contribution in [0.2, 0.25) is 39.3 Å². The van der Waals surface area contributed by atoms with E-state index in [1.165, 1.54) is 0 Å². The van der Waals surface area contributed by atoms with Crippen LogP contribution in [0, 0.1) is 0 Å². The molecule has 0 aromatic heterocycles. The van der Waals surface area contributed by atoms with E-state index in [0.717, 1.165) is 0 Å². The van der Waals surface area contributed by atoms with Gasteiger partial charge in [0.05, 0.1) is 0 Å². The fraction of sp³-hybridized carbons (Fsp3) is 0.778. The second kappa shape index (κ2) is 4.30. The normalized spacial score (nSPS) is 16.9. The Morgan fingerprint density at radius 3 is 1.40 bits per heavy atom. The summed E-state index contributed by atoms with van der Waals surface area (Å²) in [7, 11) is -0.600. The van der Waals surface area contributed by atoms with Crippen molar-refractivity contribution in [2.45, 2.75) is 39.3 Å². The Hall–Kier alpha value is 0.329.